The van der Waals surface area contributed by atoms with E-state index in [9.17, 15) is 13.2 Å². The van der Waals surface area contributed by atoms with E-state index in [1.165, 1.54) is 6.33 Å². The van der Waals surface area contributed by atoms with E-state index < -0.39 is 18.3 Å². The number of nitrogens with two attached hydrogens (primary N) is 1. The van der Waals surface area contributed by atoms with Crippen molar-refractivity contribution in [1.29, 1.82) is 0 Å². The first-order valence-electron chi connectivity index (χ1n) is 5.69. The summed E-state index contributed by atoms with van der Waals surface area (Å²) in [6, 6.07) is 3.99. The van der Waals surface area contributed by atoms with Gasteiger partial charge in [0, 0.05) is 6.04 Å². The van der Waals surface area contributed by atoms with E-state index in [1.807, 2.05) is 0 Å². The van der Waals surface area contributed by atoms with Crippen molar-refractivity contribution < 1.29 is 13.2 Å². The summed E-state index contributed by atoms with van der Waals surface area (Å²) in [5.41, 5.74) is 6.60. The molecule has 2 rings (SSSR count). The molecule has 0 aliphatic heterocycles. The maximum Gasteiger partial charge on any atom is 0.410 e. The minimum absolute atomic E-state index is 0.247. The minimum Gasteiger partial charge on any atom is -0.326 e. The number of hydrogen-bond donors (Lipinski definition) is 1. The highest BCUT2D eigenvalue weighted by molar-refractivity contribution is 5.75. The summed E-state index contributed by atoms with van der Waals surface area (Å²) in [6.07, 6.45) is -2.94. The predicted molar refractivity (Wildman–Crippen MR) is 63.1 cm³/mol. The second-order valence-electron chi connectivity index (χ2n) is 4.20. The van der Waals surface area contributed by atoms with Gasteiger partial charge in [-0.25, -0.2) is 4.98 Å². The summed E-state index contributed by atoms with van der Waals surface area (Å²) in [4.78, 5) is 3.98. The van der Waals surface area contributed by atoms with Gasteiger partial charge in [-0.3, -0.25) is 0 Å². The topological polar surface area (TPSA) is 43.8 Å². The third kappa shape index (κ3) is 2.20. The lowest BCUT2D eigenvalue weighted by Crippen LogP contribution is -2.41. The highest BCUT2D eigenvalue weighted by Gasteiger charge is 2.44. The van der Waals surface area contributed by atoms with Crippen LogP contribution < -0.4 is 5.73 Å². The number of rotatable bonds is 3. The largest absolute Gasteiger partial charge is 0.410 e. The molecule has 0 spiro atoms. The molecule has 2 atom stereocenters. The second kappa shape index (κ2) is 4.61. The van der Waals surface area contributed by atoms with Crippen LogP contribution in [0.15, 0.2) is 30.6 Å². The predicted octanol–water partition coefficient (Wildman–Crippen LogP) is 2.88. The van der Waals surface area contributed by atoms with Gasteiger partial charge in [0.25, 0.3) is 0 Å². The summed E-state index contributed by atoms with van der Waals surface area (Å²) >= 11 is 0. The van der Waals surface area contributed by atoms with Crippen LogP contribution in [0.2, 0.25) is 0 Å². The van der Waals surface area contributed by atoms with E-state index in [2.05, 4.69) is 4.98 Å². The van der Waals surface area contributed by atoms with Gasteiger partial charge in [0.05, 0.1) is 17.4 Å². The molecular formula is C12H14F3N3. The van der Waals surface area contributed by atoms with Gasteiger partial charge in [0.2, 0.25) is 0 Å². The number of hydrogen-bond acceptors (Lipinski definition) is 2. The van der Waals surface area contributed by atoms with Crippen LogP contribution in [-0.2, 0) is 0 Å². The van der Waals surface area contributed by atoms with E-state index in [-0.39, 0.29) is 6.42 Å². The van der Waals surface area contributed by atoms with E-state index in [1.54, 1.807) is 31.2 Å². The van der Waals surface area contributed by atoms with Crippen LogP contribution in [0.3, 0.4) is 0 Å². The quantitative estimate of drug-likeness (QED) is 0.918. The van der Waals surface area contributed by atoms with Crippen LogP contribution in [0.5, 0.6) is 0 Å². The molecule has 0 aliphatic carbocycles. The molecular weight excluding hydrogens is 243 g/mol. The molecule has 2 unspecified atom stereocenters. The third-order valence-corrected chi connectivity index (χ3v) is 2.99. The molecule has 1 aromatic heterocycles. The van der Waals surface area contributed by atoms with Crippen molar-refractivity contribution in [3.05, 3.63) is 30.6 Å². The number of aromatic nitrogens is 2. The van der Waals surface area contributed by atoms with Crippen molar-refractivity contribution in [2.24, 2.45) is 5.73 Å². The Morgan fingerprint density at radius 2 is 2.00 bits per heavy atom. The normalized spacial score (nSPS) is 15.8. The molecule has 0 saturated heterocycles. The lowest BCUT2D eigenvalue weighted by Gasteiger charge is -2.27. The zero-order chi connectivity index (χ0) is 13.3. The number of nitrogens with zero attached hydrogens (tertiary/aromatic N) is 2. The lowest BCUT2D eigenvalue weighted by atomic mass is 10.1. The fourth-order valence-corrected chi connectivity index (χ4v) is 2.03. The number of imidazole rings is 1. The molecule has 0 saturated carbocycles. The molecule has 6 heteroatoms. The molecule has 2 N–H and O–H groups in total. The monoisotopic (exact) mass is 257 g/mol. The molecule has 3 nitrogen and oxygen atoms in total. The summed E-state index contributed by atoms with van der Waals surface area (Å²) < 4.78 is 40.5. The van der Waals surface area contributed by atoms with Gasteiger partial charge in [-0.15, -0.1) is 0 Å². The average Bonchev–Trinajstić information content (AvgIpc) is 2.71. The van der Waals surface area contributed by atoms with Gasteiger partial charge in [-0.1, -0.05) is 19.1 Å². The van der Waals surface area contributed by atoms with Gasteiger partial charge in [0.15, 0.2) is 0 Å². The number of para-hydroxylation sites is 2. The van der Waals surface area contributed by atoms with Crippen molar-refractivity contribution in [1.82, 2.24) is 9.55 Å². The summed E-state index contributed by atoms with van der Waals surface area (Å²) in [6.45, 7) is 1.64. The fraction of sp³-hybridized carbons (Fsp3) is 0.417. The van der Waals surface area contributed by atoms with Gasteiger partial charge < -0.3 is 10.3 Å². The third-order valence-electron chi connectivity index (χ3n) is 2.99. The van der Waals surface area contributed by atoms with Crippen molar-refractivity contribution in [3.8, 4) is 0 Å². The van der Waals surface area contributed by atoms with Crippen molar-refractivity contribution in [3.63, 3.8) is 0 Å². The molecule has 0 amide bonds. The molecule has 0 bridgehead atoms. The molecule has 2 aromatic rings. The van der Waals surface area contributed by atoms with Crippen molar-refractivity contribution >= 4 is 11.0 Å². The summed E-state index contributed by atoms with van der Waals surface area (Å²) in [5, 5.41) is 0. The Morgan fingerprint density at radius 3 is 2.61 bits per heavy atom. The average molecular weight is 257 g/mol. The zero-order valence-corrected chi connectivity index (χ0v) is 9.85. The molecule has 0 fully saturated rings. The molecule has 0 radical (unpaired) electrons. The Kier molecular flexibility index (Phi) is 3.30. The molecule has 0 aliphatic rings. The van der Waals surface area contributed by atoms with Gasteiger partial charge in [-0.2, -0.15) is 13.2 Å². The SMILES string of the molecule is CCC(N)C(n1cnc2ccccc21)C(F)(F)F. The lowest BCUT2D eigenvalue weighted by molar-refractivity contribution is -0.172. The number of alkyl halides is 3. The standard InChI is InChI=1S/C12H14F3N3/c1-2-8(16)11(12(13,14)15)18-7-17-9-5-3-4-6-10(9)18/h3-8,11H,2,16H2,1H3. The summed E-state index contributed by atoms with van der Waals surface area (Å²) in [5.74, 6) is 0. The minimum atomic E-state index is -4.39. The van der Waals surface area contributed by atoms with Crippen LogP contribution >= 0.6 is 0 Å². The van der Waals surface area contributed by atoms with Crippen molar-refractivity contribution in [2.75, 3.05) is 0 Å². The van der Waals surface area contributed by atoms with E-state index >= 15 is 0 Å². The number of halogens is 3. The maximum atomic E-state index is 13.1. The zero-order valence-electron chi connectivity index (χ0n) is 9.85. The smallest absolute Gasteiger partial charge is 0.326 e. The Balaban J connectivity index is 2.55. The molecule has 18 heavy (non-hydrogen) atoms. The Labute approximate surface area is 102 Å². The Hall–Kier alpha value is -1.56. The van der Waals surface area contributed by atoms with E-state index in [4.69, 9.17) is 5.73 Å². The van der Waals surface area contributed by atoms with Gasteiger partial charge in [0.1, 0.15) is 6.04 Å². The van der Waals surface area contributed by atoms with Crippen LogP contribution in [0.4, 0.5) is 13.2 Å². The highest BCUT2D eigenvalue weighted by atomic mass is 19.4. The van der Waals surface area contributed by atoms with Crippen LogP contribution in [-0.4, -0.2) is 21.8 Å². The van der Waals surface area contributed by atoms with Crippen LogP contribution in [0.25, 0.3) is 11.0 Å². The Morgan fingerprint density at radius 1 is 1.33 bits per heavy atom. The highest BCUT2D eigenvalue weighted by Crippen LogP contribution is 2.35. The van der Waals surface area contributed by atoms with Gasteiger partial charge in [-0.05, 0) is 18.6 Å². The van der Waals surface area contributed by atoms with Crippen LogP contribution in [0, 0.1) is 0 Å². The fourth-order valence-electron chi connectivity index (χ4n) is 2.03. The van der Waals surface area contributed by atoms with Crippen LogP contribution in [0.1, 0.15) is 19.4 Å². The summed E-state index contributed by atoms with van der Waals surface area (Å²) in [7, 11) is 0. The molecule has 1 heterocycles. The van der Waals surface area contributed by atoms with Crippen molar-refractivity contribution in [2.45, 2.75) is 31.6 Å². The molecule has 1 aromatic carbocycles. The van der Waals surface area contributed by atoms with E-state index in [0.29, 0.717) is 11.0 Å². The second-order valence-corrected chi connectivity index (χ2v) is 4.20. The molecule has 98 valence electrons. The van der Waals surface area contributed by atoms with Gasteiger partial charge >= 0.3 is 6.18 Å². The first-order valence-corrected chi connectivity index (χ1v) is 5.69. The number of benzene rings is 1. The Bertz CT molecular complexity index is 533. The van der Waals surface area contributed by atoms with E-state index in [0.717, 1.165) is 4.57 Å². The number of fused-ring (bicyclic) bond motifs is 1. The maximum absolute atomic E-state index is 13.1. The first-order chi connectivity index (χ1) is 8.45. The first kappa shape index (κ1) is 12.9.